The van der Waals surface area contributed by atoms with Crippen LogP contribution in [0, 0.1) is 11.2 Å². The van der Waals surface area contributed by atoms with Gasteiger partial charge in [-0.2, -0.15) is 0 Å². The summed E-state index contributed by atoms with van der Waals surface area (Å²) < 4.78 is 24.5. The van der Waals surface area contributed by atoms with E-state index in [1.54, 1.807) is 18.2 Å². The first kappa shape index (κ1) is 27.2. The molecule has 37 heavy (non-hydrogen) atoms. The SMILES string of the molecule is CC(C)c1nc(N)c2cc(N)c(C=N)cc2c1-c1ccc(F)cc1.O=S1CCC(N2CCNCC2)CC1. The molecule has 2 fully saturated rings. The second kappa shape index (κ2) is 12.1. The van der Waals surface area contributed by atoms with E-state index in [0.717, 1.165) is 71.1 Å². The van der Waals surface area contributed by atoms with Gasteiger partial charge in [0, 0.05) is 82.9 Å². The van der Waals surface area contributed by atoms with E-state index in [1.807, 2.05) is 19.9 Å². The maximum atomic E-state index is 13.3. The van der Waals surface area contributed by atoms with Gasteiger partial charge in [-0.15, -0.1) is 0 Å². The number of pyridine rings is 1. The third kappa shape index (κ3) is 6.34. The van der Waals surface area contributed by atoms with E-state index in [-0.39, 0.29) is 11.7 Å². The quantitative estimate of drug-likeness (QED) is 0.301. The lowest BCUT2D eigenvalue weighted by Gasteiger charge is -2.36. The van der Waals surface area contributed by atoms with E-state index in [0.29, 0.717) is 17.1 Å². The van der Waals surface area contributed by atoms with Gasteiger partial charge in [0.25, 0.3) is 0 Å². The summed E-state index contributed by atoms with van der Waals surface area (Å²) in [6, 6.07) is 10.6. The van der Waals surface area contributed by atoms with Crippen molar-refractivity contribution in [3.8, 4) is 11.1 Å². The lowest BCUT2D eigenvalue weighted by molar-refractivity contribution is 0.163. The van der Waals surface area contributed by atoms with E-state index in [9.17, 15) is 8.60 Å². The Hall–Kier alpha value is -2.88. The molecular weight excluding hydrogens is 487 g/mol. The summed E-state index contributed by atoms with van der Waals surface area (Å²) in [5.41, 5.74) is 15.8. The molecule has 6 N–H and O–H groups in total. The molecule has 0 aliphatic carbocycles. The minimum atomic E-state index is -0.508. The molecule has 5 rings (SSSR count). The molecule has 0 unspecified atom stereocenters. The average Bonchev–Trinajstić information content (AvgIpc) is 2.90. The monoisotopic (exact) mass is 524 g/mol. The minimum absolute atomic E-state index is 0.137. The first-order valence-electron chi connectivity index (χ1n) is 12.9. The second-order valence-corrected chi connectivity index (χ2v) is 11.7. The summed E-state index contributed by atoms with van der Waals surface area (Å²) in [6.07, 6.45) is 3.51. The third-order valence-electron chi connectivity index (χ3n) is 7.13. The molecule has 2 aromatic carbocycles. The Kier molecular flexibility index (Phi) is 8.89. The summed E-state index contributed by atoms with van der Waals surface area (Å²) in [4.78, 5) is 7.13. The van der Waals surface area contributed by atoms with Crippen LogP contribution in [0.2, 0.25) is 0 Å². The number of benzene rings is 2. The van der Waals surface area contributed by atoms with Crippen molar-refractivity contribution in [1.29, 1.82) is 5.41 Å². The zero-order valence-electron chi connectivity index (χ0n) is 21.6. The number of piperazine rings is 1. The van der Waals surface area contributed by atoms with Crippen LogP contribution in [0.25, 0.3) is 21.9 Å². The van der Waals surface area contributed by atoms with Crippen LogP contribution in [-0.2, 0) is 10.8 Å². The van der Waals surface area contributed by atoms with Crippen LogP contribution in [-0.4, -0.2) is 64.0 Å². The van der Waals surface area contributed by atoms with Gasteiger partial charge in [-0.05, 0) is 54.0 Å². The van der Waals surface area contributed by atoms with Crippen LogP contribution in [0.5, 0.6) is 0 Å². The van der Waals surface area contributed by atoms with Gasteiger partial charge < -0.3 is 22.2 Å². The van der Waals surface area contributed by atoms with E-state index >= 15 is 0 Å². The predicted octanol–water partition coefficient (Wildman–Crippen LogP) is 4.13. The Bertz CT molecular complexity index is 1260. The summed E-state index contributed by atoms with van der Waals surface area (Å²) in [6.45, 7) is 8.68. The smallest absolute Gasteiger partial charge is 0.131 e. The largest absolute Gasteiger partial charge is 0.398 e. The van der Waals surface area contributed by atoms with Crippen molar-refractivity contribution in [3.05, 3.63) is 53.5 Å². The molecule has 1 aromatic heterocycles. The lowest BCUT2D eigenvalue weighted by atomic mass is 9.91. The first-order chi connectivity index (χ1) is 17.8. The van der Waals surface area contributed by atoms with Gasteiger partial charge in [0.2, 0.25) is 0 Å². The zero-order chi connectivity index (χ0) is 26.5. The van der Waals surface area contributed by atoms with Crippen molar-refractivity contribution in [2.24, 2.45) is 0 Å². The molecule has 0 radical (unpaired) electrons. The van der Waals surface area contributed by atoms with Crippen LogP contribution >= 0.6 is 0 Å². The van der Waals surface area contributed by atoms with Crippen molar-refractivity contribution < 1.29 is 8.60 Å². The number of aromatic nitrogens is 1. The summed E-state index contributed by atoms with van der Waals surface area (Å²) >= 11 is 0. The molecule has 2 saturated heterocycles. The van der Waals surface area contributed by atoms with E-state index in [4.69, 9.17) is 16.9 Å². The second-order valence-electron chi connectivity index (χ2n) is 9.96. The highest BCUT2D eigenvalue weighted by Crippen LogP contribution is 2.38. The standard InChI is InChI=1S/C19H19FN4.C9H18N2OS/c1-10(2)18-17(11-3-5-13(20)6-4-11)14-7-12(9-21)16(22)8-15(14)19(23)24-18;12-13-7-1-9(2-8-13)11-5-3-10-4-6-11/h3-10,21H,22H2,1-2H3,(H2,23,24);9-10H,1-8H2. The molecule has 0 amide bonds. The maximum absolute atomic E-state index is 13.3. The summed E-state index contributed by atoms with van der Waals surface area (Å²) in [7, 11) is -0.508. The van der Waals surface area contributed by atoms with Crippen molar-refractivity contribution in [3.63, 3.8) is 0 Å². The van der Waals surface area contributed by atoms with Crippen LogP contribution in [0.15, 0.2) is 36.4 Å². The highest BCUT2D eigenvalue weighted by molar-refractivity contribution is 7.85. The number of rotatable bonds is 4. The predicted molar refractivity (Wildman–Crippen MR) is 153 cm³/mol. The zero-order valence-corrected chi connectivity index (χ0v) is 22.4. The molecule has 2 aliphatic heterocycles. The number of hydrogen-bond acceptors (Lipinski definition) is 7. The van der Waals surface area contributed by atoms with Crippen LogP contribution in [0.4, 0.5) is 15.9 Å². The van der Waals surface area contributed by atoms with Gasteiger partial charge in [0.15, 0.2) is 0 Å². The van der Waals surface area contributed by atoms with Crippen LogP contribution in [0.3, 0.4) is 0 Å². The molecule has 0 saturated carbocycles. The van der Waals surface area contributed by atoms with Crippen LogP contribution in [0.1, 0.15) is 43.9 Å². The fraction of sp³-hybridized carbons (Fsp3) is 0.429. The van der Waals surface area contributed by atoms with Crippen molar-refractivity contribution in [2.75, 3.05) is 49.2 Å². The minimum Gasteiger partial charge on any atom is -0.398 e. The van der Waals surface area contributed by atoms with E-state index < -0.39 is 10.8 Å². The third-order valence-corrected chi connectivity index (χ3v) is 8.51. The Balaban J connectivity index is 0.000000207. The molecule has 3 heterocycles. The number of nitrogens with one attached hydrogen (secondary N) is 2. The number of nitrogens with zero attached hydrogens (tertiary/aromatic N) is 2. The normalized spacial score (nSPS) is 20.4. The fourth-order valence-corrected chi connectivity index (χ4v) is 6.37. The summed E-state index contributed by atoms with van der Waals surface area (Å²) in [5, 5.41) is 12.5. The van der Waals surface area contributed by atoms with Gasteiger partial charge in [-0.1, -0.05) is 26.0 Å². The average molecular weight is 525 g/mol. The molecule has 9 heteroatoms. The van der Waals surface area contributed by atoms with Crippen molar-refractivity contribution in [2.45, 2.75) is 38.6 Å². The number of anilines is 2. The lowest BCUT2D eigenvalue weighted by Crippen LogP contribution is -2.50. The maximum Gasteiger partial charge on any atom is 0.131 e. The van der Waals surface area contributed by atoms with Crippen molar-refractivity contribution in [1.82, 2.24) is 15.2 Å². The number of hydrogen-bond donors (Lipinski definition) is 4. The van der Waals surface area contributed by atoms with Gasteiger partial charge in [0.05, 0.1) is 5.69 Å². The molecule has 2 aliphatic rings. The number of fused-ring (bicyclic) bond motifs is 1. The fourth-order valence-electron chi connectivity index (χ4n) is 5.09. The number of nitrogen functional groups attached to an aromatic ring is 2. The topological polar surface area (TPSA) is 121 Å². The van der Waals surface area contributed by atoms with Crippen LogP contribution < -0.4 is 16.8 Å². The molecular formula is C28H37FN6OS. The molecule has 0 bridgehead atoms. The number of halogens is 1. The molecule has 0 spiro atoms. The summed E-state index contributed by atoms with van der Waals surface area (Å²) in [5.74, 6) is 2.10. The van der Waals surface area contributed by atoms with Gasteiger partial charge >= 0.3 is 0 Å². The highest BCUT2D eigenvalue weighted by Gasteiger charge is 2.24. The Morgan fingerprint density at radius 3 is 2.35 bits per heavy atom. The van der Waals surface area contributed by atoms with Gasteiger partial charge in [-0.25, -0.2) is 9.37 Å². The number of nitrogens with two attached hydrogens (primary N) is 2. The molecule has 0 atom stereocenters. The van der Waals surface area contributed by atoms with Crippen molar-refractivity contribution >= 4 is 39.3 Å². The Labute approximate surface area is 220 Å². The van der Waals surface area contributed by atoms with E-state index in [1.165, 1.54) is 31.4 Å². The Morgan fingerprint density at radius 1 is 1.11 bits per heavy atom. The van der Waals surface area contributed by atoms with Gasteiger partial charge in [-0.3, -0.25) is 9.11 Å². The van der Waals surface area contributed by atoms with Gasteiger partial charge in [0.1, 0.15) is 11.6 Å². The molecule has 7 nitrogen and oxygen atoms in total. The molecule has 198 valence electrons. The van der Waals surface area contributed by atoms with E-state index in [2.05, 4.69) is 15.2 Å². The molecule has 3 aromatic rings. The highest BCUT2D eigenvalue weighted by atomic mass is 32.2. The first-order valence-corrected chi connectivity index (χ1v) is 14.4. The Morgan fingerprint density at radius 2 is 1.76 bits per heavy atom.